The number of fused-ring (bicyclic) bond motifs is 1. The molecule has 1 aliphatic rings. The first kappa shape index (κ1) is 14.0. The zero-order valence-corrected chi connectivity index (χ0v) is 11.0. The molecular weight excluding hydrogens is 272 g/mol. The Kier molecular flexibility index (Phi) is 4.50. The zero-order valence-electron chi connectivity index (χ0n) is 10.3. The average molecular weight is 287 g/mol. The zero-order chi connectivity index (χ0) is 13.8. The van der Waals surface area contributed by atoms with Crippen LogP contribution in [-0.4, -0.2) is 29.4 Å². The van der Waals surface area contributed by atoms with Gasteiger partial charge < -0.3 is 19.7 Å². The van der Waals surface area contributed by atoms with E-state index in [1.165, 1.54) is 0 Å². The van der Waals surface area contributed by atoms with Gasteiger partial charge in [0, 0.05) is 18.1 Å². The lowest BCUT2D eigenvalue weighted by molar-refractivity contribution is -0.137. The number of carboxylic acids is 1. The summed E-state index contributed by atoms with van der Waals surface area (Å²) in [5.41, 5.74) is 0.538. The number of aliphatic hydroxyl groups excluding tert-OH is 1. The van der Waals surface area contributed by atoms with Gasteiger partial charge in [-0.3, -0.25) is 4.79 Å². The third-order valence-electron chi connectivity index (χ3n) is 2.89. The smallest absolute Gasteiger partial charge is 0.303 e. The maximum atomic E-state index is 10.4. The van der Waals surface area contributed by atoms with Crippen LogP contribution in [0.1, 0.15) is 30.9 Å². The van der Waals surface area contributed by atoms with Crippen molar-refractivity contribution in [3.8, 4) is 11.5 Å². The number of aliphatic hydroxyl groups is 1. The molecule has 104 valence electrons. The van der Waals surface area contributed by atoms with Crippen molar-refractivity contribution in [2.24, 2.45) is 0 Å². The van der Waals surface area contributed by atoms with E-state index < -0.39 is 12.1 Å². The number of hydrogen-bond donors (Lipinski definition) is 2. The Morgan fingerprint density at radius 1 is 1.32 bits per heavy atom. The first-order valence-corrected chi connectivity index (χ1v) is 6.44. The highest BCUT2D eigenvalue weighted by Gasteiger charge is 2.19. The molecule has 0 amide bonds. The number of ether oxygens (including phenoxy) is 2. The van der Waals surface area contributed by atoms with Gasteiger partial charge in [0.05, 0.1) is 11.1 Å². The van der Waals surface area contributed by atoms with Crippen molar-refractivity contribution in [3.63, 3.8) is 0 Å². The molecule has 2 N–H and O–H groups in total. The van der Waals surface area contributed by atoms with Crippen LogP contribution < -0.4 is 9.47 Å². The Morgan fingerprint density at radius 3 is 2.58 bits per heavy atom. The van der Waals surface area contributed by atoms with Gasteiger partial charge in [-0.2, -0.15) is 0 Å². The summed E-state index contributed by atoms with van der Waals surface area (Å²) in [4.78, 5) is 10.4. The summed E-state index contributed by atoms with van der Waals surface area (Å²) < 4.78 is 10.8. The predicted octanol–water partition coefficient (Wildman–Crippen LogP) is 2.40. The molecule has 0 unspecified atom stereocenters. The van der Waals surface area contributed by atoms with Crippen LogP contribution in [0.4, 0.5) is 0 Å². The maximum Gasteiger partial charge on any atom is 0.303 e. The SMILES string of the molecule is O=C(O)CCC[C@@H](O)c1cc2c(cc1Cl)OCCO2. The molecule has 1 heterocycles. The van der Waals surface area contributed by atoms with Gasteiger partial charge in [0.2, 0.25) is 0 Å². The van der Waals surface area contributed by atoms with Crippen LogP contribution in [0.5, 0.6) is 11.5 Å². The molecule has 1 atom stereocenters. The van der Waals surface area contributed by atoms with Crippen LogP contribution in [0.2, 0.25) is 5.02 Å². The van der Waals surface area contributed by atoms with Crippen molar-refractivity contribution in [1.29, 1.82) is 0 Å². The number of aliphatic carboxylic acids is 1. The summed E-state index contributed by atoms with van der Waals surface area (Å²) in [6.07, 6.45) is -0.0470. The van der Waals surface area contributed by atoms with E-state index in [4.69, 9.17) is 26.2 Å². The standard InChI is InChI=1S/C13H15ClO5/c14-9-7-12-11(18-4-5-19-12)6-8(9)10(15)2-1-3-13(16)17/h6-7,10,15H,1-5H2,(H,16,17)/t10-/m1/s1. The van der Waals surface area contributed by atoms with Gasteiger partial charge in [-0.25, -0.2) is 0 Å². The van der Waals surface area contributed by atoms with Gasteiger partial charge in [-0.1, -0.05) is 11.6 Å². The number of rotatable bonds is 5. The topological polar surface area (TPSA) is 76.0 Å². The van der Waals surface area contributed by atoms with E-state index in [1.54, 1.807) is 12.1 Å². The monoisotopic (exact) mass is 286 g/mol. The normalized spacial score (nSPS) is 15.1. The van der Waals surface area contributed by atoms with Crippen molar-refractivity contribution in [3.05, 3.63) is 22.7 Å². The predicted molar refractivity (Wildman–Crippen MR) is 68.9 cm³/mol. The molecular formula is C13H15ClO5. The van der Waals surface area contributed by atoms with Gasteiger partial charge in [-0.15, -0.1) is 0 Å². The number of hydrogen-bond acceptors (Lipinski definition) is 4. The number of halogens is 1. The Hall–Kier alpha value is -1.46. The fourth-order valence-electron chi connectivity index (χ4n) is 1.94. The molecule has 0 saturated carbocycles. The largest absolute Gasteiger partial charge is 0.486 e. The highest BCUT2D eigenvalue weighted by Crippen LogP contribution is 2.38. The quantitative estimate of drug-likeness (QED) is 0.869. The van der Waals surface area contributed by atoms with Crippen LogP contribution in [0.3, 0.4) is 0 Å². The molecule has 0 saturated heterocycles. The molecule has 19 heavy (non-hydrogen) atoms. The summed E-state index contributed by atoms with van der Waals surface area (Å²) >= 11 is 6.09. The van der Waals surface area contributed by atoms with E-state index in [2.05, 4.69) is 0 Å². The van der Waals surface area contributed by atoms with Crippen molar-refractivity contribution in [2.45, 2.75) is 25.4 Å². The van der Waals surface area contributed by atoms with E-state index >= 15 is 0 Å². The molecule has 1 aromatic carbocycles. The maximum absolute atomic E-state index is 10.4. The van der Waals surface area contributed by atoms with Crippen LogP contribution in [0.15, 0.2) is 12.1 Å². The molecule has 0 aliphatic carbocycles. The van der Waals surface area contributed by atoms with Gasteiger partial charge in [0.25, 0.3) is 0 Å². The fraction of sp³-hybridized carbons (Fsp3) is 0.462. The first-order valence-electron chi connectivity index (χ1n) is 6.07. The molecule has 1 aromatic rings. The van der Waals surface area contributed by atoms with E-state index in [1.807, 2.05) is 0 Å². The van der Waals surface area contributed by atoms with Crippen LogP contribution in [0, 0.1) is 0 Å². The molecule has 0 aromatic heterocycles. The fourth-order valence-corrected chi connectivity index (χ4v) is 2.22. The minimum Gasteiger partial charge on any atom is -0.486 e. The third-order valence-corrected chi connectivity index (χ3v) is 3.22. The Morgan fingerprint density at radius 2 is 1.95 bits per heavy atom. The second-order valence-electron chi connectivity index (χ2n) is 4.32. The van der Waals surface area contributed by atoms with Crippen molar-refractivity contribution in [1.82, 2.24) is 0 Å². The third kappa shape index (κ3) is 3.52. The van der Waals surface area contributed by atoms with E-state index in [0.717, 1.165) is 0 Å². The molecule has 6 heteroatoms. The lowest BCUT2D eigenvalue weighted by Gasteiger charge is -2.21. The van der Waals surface area contributed by atoms with Crippen molar-refractivity contribution < 1.29 is 24.5 Å². The lowest BCUT2D eigenvalue weighted by Crippen LogP contribution is -2.16. The van der Waals surface area contributed by atoms with E-state index in [-0.39, 0.29) is 6.42 Å². The second kappa shape index (κ2) is 6.12. The van der Waals surface area contributed by atoms with E-state index in [9.17, 15) is 9.90 Å². The molecule has 0 fully saturated rings. The van der Waals surface area contributed by atoms with Crippen LogP contribution in [-0.2, 0) is 4.79 Å². The van der Waals surface area contributed by atoms with Crippen molar-refractivity contribution >= 4 is 17.6 Å². The van der Waals surface area contributed by atoms with Crippen LogP contribution in [0.25, 0.3) is 0 Å². The second-order valence-corrected chi connectivity index (χ2v) is 4.73. The Balaban J connectivity index is 2.08. The first-order chi connectivity index (χ1) is 9.08. The van der Waals surface area contributed by atoms with Gasteiger partial charge in [-0.05, 0) is 18.9 Å². The molecule has 0 radical (unpaired) electrons. The van der Waals surface area contributed by atoms with Crippen molar-refractivity contribution in [2.75, 3.05) is 13.2 Å². The Bertz CT molecular complexity index is 474. The summed E-state index contributed by atoms with van der Waals surface area (Å²) in [7, 11) is 0. The highest BCUT2D eigenvalue weighted by molar-refractivity contribution is 6.31. The minimum absolute atomic E-state index is 0.0270. The van der Waals surface area contributed by atoms with Gasteiger partial charge in [0.15, 0.2) is 11.5 Å². The molecule has 1 aliphatic heterocycles. The summed E-state index contributed by atoms with van der Waals surface area (Å²) in [5, 5.41) is 19.0. The minimum atomic E-state index is -0.875. The summed E-state index contributed by atoms with van der Waals surface area (Å²) in [6, 6.07) is 3.27. The highest BCUT2D eigenvalue weighted by atomic mass is 35.5. The van der Waals surface area contributed by atoms with Gasteiger partial charge >= 0.3 is 5.97 Å². The summed E-state index contributed by atoms with van der Waals surface area (Å²) in [6.45, 7) is 0.938. The molecule has 2 rings (SSSR count). The molecule has 0 spiro atoms. The van der Waals surface area contributed by atoms with Crippen LogP contribution >= 0.6 is 11.6 Å². The summed E-state index contributed by atoms with van der Waals surface area (Å²) in [5.74, 6) is 0.251. The molecule has 5 nitrogen and oxygen atoms in total. The molecule has 0 bridgehead atoms. The lowest BCUT2D eigenvalue weighted by atomic mass is 10.0. The van der Waals surface area contributed by atoms with E-state index in [0.29, 0.717) is 48.1 Å². The number of carbonyl (C=O) groups is 1. The number of benzene rings is 1. The average Bonchev–Trinajstić information content (AvgIpc) is 2.37. The van der Waals surface area contributed by atoms with Gasteiger partial charge in [0.1, 0.15) is 13.2 Å². The Labute approximate surface area is 115 Å². The number of carboxylic acid groups (broad SMARTS) is 1.